The van der Waals surface area contributed by atoms with Crippen molar-refractivity contribution >= 4 is 33.2 Å². The maximum atomic E-state index is 13.3. The first kappa shape index (κ1) is 29.5. The summed E-state index contributed by atoms with van der Waals surface area (Å²) < 4.78 is 40.9. The minimum absolute atomic E-state index is 0.00846. The molecule has 1 N–H and O–H groups in total. The molecule has 0 unspecified atom stereocenters. The van der Waals surface area contributed by atoms with Crippen LogP contribution in [0.4, 0.5) is 5.69 Å². The number of amides is 1. The number of nitrogens with one attached hydrogen (secondary N) is 1. The van der Waals surface area contributed by atoms with Gasteiger partial charge in [0.1, 0.15) is 5.75 Å². The van der Waals surface area contributed by atoms with E-state index in [-0.39, 0.29) is 29.1 Å². The number of carbonyl (C=O) groups excluding carboxylic acids is 1. The van der Waals surface area contributed by atoms with Crippen LogP contribution >= 0.6 is 11.6 Å². The van der Waals surface area contributed by atoms with Gasteiger partial charge in [-0.05, 0) is 97.2 Å². The fourth-order valence-electron chi connectivity index (χ4n) is 7.40. The van der Waals surface area contributed by atoms with Crippen LogP contribution in [0.5, 0.6) is 5.75 Å². The van der Waals surface area contributed by atoms with Crippen LogP contribution in [-0.2, 0) is 26.6 Å². The highest BCUT2D eigenvalue weighted by molar-refractivity contribution is 7.90. The maximum Gasteiger partial charge on any atom is 0.264 e. The van der Waals surface area contributed by atoms with Crippen LogP contribution in [0.3, 0.4) is 0 Å². The zero-order valence-corrected chi connectivity index (χ0v) is 26.2. The number of methoxy groups -OCH3 is 1. The number of halogens is 1. The molecule has 6 atom stereocenters. The van der Waals surface area contributed by atoms with Gasteiger partial charge in [0.05, 0.1) is 24.2 Å². The van der Waals surface area contributed by atoms with Gasteiger partial charge in [0.25, 0.3) is 5.91 Å². The fraction of sp³-hybridized carbons (Fsp3) is 0.545. The standard InChI is InChI=1S/C33H41ClN2O5S/c1-21-6-12-30(40-3)27-10-7-25(27)17-36-19-33(14-4-5-23-15-26(34)9-11-28(23)33)20-41-31-13-8-24(16-29(31)36)32(37)35-42(38,39)18-22(21)2/h6,8-9,11-13,15-16,21-22,25,27,30H,4-5,7,10,14,17-20H2,1-3H3,(H,35,37)/b12-6-/t21-,22+,25-,27+,30-,33-/m0/s1. The van der Waals surface area contributed by atoms with E-state index in [1.165, 1.54) is 11.1 Å². The van der Waals surface area contributed by atoms with Gasteiger partial charge in [-0.2, -0.15) is 0 Å². The van der Waals surface area contributed by atoms with E-state index in [0.717, 1.165) is 61.7 Å². The molecule has 42 heavy (non-hydrogen) atoms. The molecule has 1 fully saturated rings. The number of allylic oxidation sites excluding steroid dienone is 1. The number of rotatable bonds is 1. The molecule has 4 aliphatic rings. The summed E-state index contributed by atoms with van der Waals surface area (Å²) in [5, 5.41) is 0.749. The quantitative estimate of drug-likeness (QED) is 0.413. The van der Waals surface area contributed by atoms with Gasteiger partial charge >= 0.3 is 0 Å². The first-order valence-electron chi connectivity index (χ1n) is 15.1. The molecular weight excluding hydrogens is 572 g/mol. The summed E-state index contributed by atoms with van der Waals surface area (Å²) in [4.78, 5) is 15.7. The van der Waals surface area contributed by atoms with E-state index in [0.29, 0.717) is 24.0 Å². The largest absolute Gasteiger partial charge is 0.490 e. The lowest BCUT2D eigenvalue weighted by Crippen LogP contribution is -2.49. The molecule has 6 rings (SSSR count). The van der Waals surface area contributed by atoms with E-state index in [4.69, 9.17) is 21.1 Å². The van der Waals surface area contributed by atoms with Crippen molar-refractivity contribution in [1.29, 1.82) is 0 Å². The summed E-state index contributed by atoms with van der Waals surface area (Å²) in [7, 11) is -2.08. The fourth-order valence-corrected chi connectivity index (χ4v) is 9.08. The molecule has 1 spiro atoms. The third-order valence-corrected chi connectivity index (χ3v) is 11.9. The summed E-state index contributed by atoms with van der Waals surface area (Å²) in [6.45, 7) is 5.99. The number of nitrogens with zero attached hydrogens (tertiary/aromatic N) is 1. The Balaban J connectivity index is 1.43. The Labute approximate surface area is 254 Å². The van der Waals surface area contributed by atoms with E-state index in [1.807, 2.05) is 32.0 Å². The molecule has 0 saturated heterocycles. The van der Waals surface area contributed by atoms with Crippen LogP contribution in [0.15, 0.2) is 48.6 Å². The summed E-state index contributed by atoms with van der Waals surface area (Å²) in [6.07, 6.45) is 9.38. The number of sulfonamides is 1. The van der Waals surface area contributed by atoms with Crippen LogP contribution in [0.2, 0.25) is 5.02 Å². The number of anilines is 1. The first-order valence-corrected chi connectivity index (χ1v) is 17.2. The van der Waals surface area contributed by atoms with Crippen LogP contribution in [0.25, 0.3) is 0 Å². The molecule has 0 radical (unpaired) electrons. The molecule has 9 heteroatoms. The smallest absolute Gasteiger partial charge is 0.264 e. The Morgan fingerprint density at radius 1 is 1.12 bits per heavy atom. The molecule has 2 aliphatic carbocycles. The first-order chi connectivity index (χ1) is 20.1. The molecular formula is C33H41ClN2O5S. The van der Waals surface area contributed by atoms with Crippen molar-refractivity contribution in [2.24, 2.45) is 23.7 Å². The lowest BCUT2D eigenvalue weighted by atomic mass is 9.68. The number of carbonyl (C=O) groups is 1. The number of aryl methyl sites for hydroxylation is 1. The van der Waals surface area contributed by atoms with Crippen LogP contribution < -0.4 is 14.4 Å². The molecule has 2 aromatic rings. The van der Waals surface area contributed by atoms with Crippen molar-refractivity contribution in [2.45, 2.75) is 57.5 Å². The summed E-state index contributed by atoms with van der Waals surface area (Å²) in [5.74, 6) is 0.573. The molecule has 0 aromatic heterocycles. The normalized spacial score (nSPS) is 33.3. The van der Waals surface area contributed by atoms with Crippen molar-refractivity contribution in [2.75, 3.05) is 37.5 Å². The summed E-state index contributed by atoms with van der Waals surface area (Å²) in [6, 6.07) is 11.5. The van der Waals surface area contributed by atoms with Gasteiger partial charge in [-0.1, -0.05) is 43.7 Å². The van der Waals surface area contributed by atoms with E-state index >= 15 is 0 Å². The maximum absolute atomic E-state index is 13.3. The highest BCUT2D eigenvalue weighted by atomic mass is 35.5. The Kier molecular flexibility index (Phi) is 8.09. The van der Waals surface area contributed by atoms with Crippen LogP contribution in [0.1, 0.15) is 61.0 Å². The predicted molar refractivity (Wildman–Crippen MR) is 166 cm³/mol. The van der Waals surface area contributed by atoms with Crippen LogP contribution in [-0.4, -0.2) is 53.0 Å². The summed E-state index contributed by atoms with van der Waals surface area (Å²) >= 11 is 6.40. The third-order valence-electron chi connectivity index (χ3n) is 10.2. The van der Waals surface area contributed by atoms with Gasteiger partial charge in [-0.3, -0.25) is 4.79 Å². The Hall–Kier alpha value is -2.55. The van der Waals surface area contributed by atoms with Gasteiger partial charge in [-0.15, -0.1) is 0 Å². The van der Waals surface area contributed by atoms with Gasteiger partial charge in [0.15, 0.2) is 0 Å². The Morgan fingerprint density at radius 2 is 1.95 bits per heavy atom. The van der Waals surface area contributed by atoms with Crippen molar-refractivity contribution in [3.63, 3.8) is 0 Å². The van der Waals surface area contributed by atoms with Crippen LogP contribution in [0, 0.1) is 23.7 Å². The van der Waals surface area contributed by atoms with E-state index in [9.17, 15) is 13.2 Å². The SMILES string of the molecule is CO[C@H]1/C=C\[C@H](C)[C@H](C)CS(=O)(=O)NC(=O)c2ccc3c(c2)N(C[C@@H]2CC[C@H]21)C[C@@]1(CCCc2cc(Cl)ccc21)CO3. The molecule has 2 bridgehead atoms. The second-order valence-electron chi connectivity index (χ2n) is 12.9. The molecule has 7 nitrogen and oxygen atoms in total. The highest BCUT2D eigenvalue weighted by Gasteiger charge is 2.44. The lowest BCUT2D eigenvalue weighted by molar-refractivity contribution is 0.0130. The minimum Gasteiger partial charge on any atom is -0.490 e. The van der Waals surface area contributed by atoms with E-state index in [2.05, 4.69) is 33.9 Å². The second kappa shape index (κ2) is 11.5. The number of fused-ring (bicyclic) bond motifs is 4. The lowest BCUT2D eigenvalue weighted by Gasteiger charge is -2.46. The van der Waals surface area contributed by atoms with Crippen molar-refractivity contribution < 1.29 is 22.7 Å². The van der Waals surface area contributed by atoms with Gasteiger partial charge in [0.2, 0.25) is 10.0 Å². The van der Waals surface area contributed by atoms with Crippen molar-refractivity contribution in [1.82, 2.24) is 4.72 Å². The average molecular weight is 613 g/mol. The second-order valence-corrected chi connectivity index (χ2v) is 15.1. The minimum atomic E-state index is -3.84. The Morgan fingerprint density at radius 3 is 2.71 bits per heavy atom. The third kappa shape index (κ3) is 5.70. The highest BCUT2D eigenvalue weighted by Crippen LogP contribution is 2.47. The van der Waals surface area contributed by atoms with E-state index in [1.54, 1.807) is 13.2 Å². The molecule has 2 aromatic carbocycles. The Bertz CT molecular complexity index is 1490. The average Bonchev–Trinajstić information content (AvgIpc) is 3.08. The molecule has 226 valence electrons. The van der Waals surface area contributed by atoms with Crippen molar-refractivity contribution in [3.05, 3.63) is 70.3 Å². The van der Waals surface area contributed by atoms with Gasteiger partial charge < -0.3 is 14.4 Å². The zero-order chi connectivity index (χ0) is 29.6. The zero-order valence-electron chi connectivity index (χ0n) is 24.6. The predicted octanol–water partition coefficient (Wildman–Crippen LogP) is 5.76. The molecule has 2 aliphatic heterocycles. The monoisotopic (exact) mass is 612 g/mol. The topological polar surface area (TPSA) is 84.9 Å². The molecule has 1 saturated carbocycles. The van der Waals surface area contributed by atoms with Gasteiger partial charge in [0, 0.05) is 36.2 Å². The van der Waals surface area contributed by atoms with Crippen molar-refractivity contribution in [3.8, 4) is 5.75 Å². The number of ether oxygens (including phenoxy) is 2. The van der Waals surface area contributed by atoms with Gasteiger partial charge in [-0.25, -0.2) is 13.1 Å². The van der Waals surface area contributed by atoms with E-state index < -0.39 is 15.9 Å². The number of benzene rings is 2. The number of hydrogen-bond acceptors (Lipinski definition) is 6. The molecule has 2 heterocycles. The summed E-state index contributed by atoms with van der Waals surface area (Å²) in [5.41, 5.74) is 3.48. The number of hydrogen-bond donors (Lipinski definition) is 1. The molecule has 1 amide bonds.